The van der Waals surface area contributed by atoms with Crippen molar-refractivity contribution in [1.82, 2.24) is 15.2 Å². The molecule has 3 aromatic rings. The Morgan fingerprint density at radius 1 is 1.06 bits per heavy atom. The topological polar surface area (TPSA) is 77.7 Å². The zero-order chi connectivity index (χ0) is 22.3. The molecule has 0 spiro atoms. The molecule has 1 aliphatic heterocycles. The third-order valence-electron chi connectivity index (χ3n) is 5.70. The van der Waals surface area contributed by atoms with Crippen molar-refractivity contribution in [3.63, 3.8) is 0 Å². The van der Waals surface area contributed by atoms with Crippen molar-refractivity contribution in [2.75, 3.05) is 26.4 Å². The van der Waals surface area contributed by atoms with E-state index in [1.807, 2.05) is 11.0 Å². The van der Waals surface area contributed by atoms with E-state index in [0.29, 0.717) is 44.3 Å². The summed E-state index contributed by atoms with van der Waals surface area (Å²) in [5.74, 6) is 0.876. The molecular weight excluding hydrogens is 406 g/mol. The number of amides is 1. The van der Waals surface area contributed by atoms with Crippen molar-refractivity contribution in [1.29, 1.82) is 0 Å². The summed E-state index contributed by atoms with van der Waals surface area (Å²) < 4.78 is 16.5. The van der Waals surface area contributed by atoms with Crippen molar-refractivity contribution in [2.45, 2.75) is 39.7 Å². The van der Waals surface area contributed by atoms with Crippen LogP contribution in [0.15, 0.2) is 47.1 Å². The summed E-state index contributed by atoms with van der Waals surface area (Å²) in [5, 5.41) is 7.63. The van der Waals surface area contributed by atoms with Crippen molar-refractivity contribution >= 4 is 5.91 Å². The van der Waals surface area contributed by atoms with Gasteiger partial charge in [0.25, 0.3) is 0 Å². The molecule has 0 fully saturated rings. The van der Waals surface area contributed by atoms with E-state index < -0.39 is 0 Å². The largest absolute Gasteiger partial charge is 0.491 e. The molecule has 2 aromatic carbocycles. The Bertz CT molecular complexity index is 1060. The van der Waals surface area contributed by atoms with Gasteiger partial charge >= 0.3 is 0 Å². The predicted molar refractivity (Wildman–Crippen MR) is 120 cm³/mol. The van der Waals surface area contributed by atoms with Crippen LogP contribution in [0.3, 0.4) is 0 Å². The van der Waals surface area contributed by atoms with Gasteiger partial charge in [-0.05, 0) is 41.7 Å². The number of aromatic nitrogens is 2. The number of carbonyl (C=O) groups is 1. The van der Waals surface area contributed by atoms with E-state index in [9.17, 15) is 4.79 Å². The van der Waals surface area contributed by atoms with E-state index >= 15 is 0 Å². The minimum Gasteiger partial charge on any atom is -0.491 e. The normalized spacial score (nSPS) is 14.9. The second-order valence-corrected chi connectivity index (χ2v) is 8.04. The second-order valence-electron chi connectivity index (χ2n) is 8.04. The first-order chi connectivity index (χ1) is 15.6. The van der Waals surface area contributed by atoms with E-state index in [4.69, 9.17) is 14.1 Å². The molecule has 7 nitrogen and oxygen atoms in total. The minimum atomic E-state index is -0.0286. The summed E-state index contributed by atoms with van der Waals surface area (Å²) in [6.45, 7) is 6.32. The molecular formula is C25H29N3O4. The van der Waals surface area contributed by atoms with Crippen LogP contribution in [0.1, 0.15) is 40.6 Å². The second kappa shape index (κ2) is 10.4. The van der Waals surface area contributed by atoms with Crippen LogP contribution in [-0.2, 0) is 35.3 Å². The predicted octanol–water partition coefficient (Wildman–Crippen LogP) is 3.51. The smallest absolute Gasteiger partial charge is 0.229 e. The Hall–Kier alpha value is -3.19. The van der Waals surface area contributed by atoms with Crippen LogP contribution in [0.4, 0.5) is 0 Å². The van der Waals surface area contributed by atoms with E-state index in [-0.39, 0.29) is 12.3 Å². The van der Waals surface area contributed by atoms with Crippen LogP contribution >= 0.6 is 0 Å². The standard InChI is InChI=1S/C25H29N3O4/c1-3-19-7-8-24-22(14-19)15-20-5-4-6-21(13-20)17-28(9-10-30-11-12-31-24)25(29)16-23-18(2)26-32-27-23/h4-8,13-14H,3,9-12,15-17H2,1-2H3. The zero-order valence-corrected chi connectivity index (χ0v) is 18.7. The fourth-order valence-corrected chi connectivity index (χ4v) is 3.85. The number of aryl methyl sites for hydroxylation is 2. The van der Waals surface area contributed by atoms with Gasteiger partial charge in [0, 0.05) is 19.5 Å². The molecule has 32 heavy (non-hydrogen) atoms. The summed E-state index contributed by atoms with van der Waals surface area (Å²) in [6, 6.07) is 14.8. The fraction of sp³-hybridized carbons (Fsp3) is 0.400. The van der Waals surface area contributed by atoms with Crippen LogP contribution in [0.25, 0.3) is 0 Å². The van der Waals surface area contributed by atoms with E-state index in [0.717, 1.165) is 24.2 Å². The summed E-state index contributed by atoms with van der Waals surface area (Å²) >= 11 is 0. The lowest BCUT2D eigenvalue weighted by molar-refractivity contribution is -0.132. The number of benzene rings is 2. The van der Waals surface area contributed by atoms with Gasteiger partial charge in [-0.1, -0.05) is 53.6 Å². The molecule has 1 aliphatic rings. The Balaban J connectivity index is 1.58. The van der Waals surface area contributed by atoms with Gasteiger partial charge in [-0.3, -0.25) is 4.79 Å². The van der Waals surface area contributed by atoms with Gasteiger partial charge in [-0.2, -0.15) is 0 Å². The Morgan fingerprint density at radius 2 is 1.94 bits per heavy atom. The highest BCUT2D eigenvalue weighted by atomic mass is 16.6. The molecule has 0 saturated carbocycles. The molecule has 1 aromatic heterocycles. The van der Waals surface area contributed by atoms with Gasteiger partial charge in [0.1, 0.15) is 23.7 Å². The number of carbonyl (C=O) groups excluding carboxylic acids is 1. The van der Waals surface area contributed by atoms with E-state index in [2.05, 4.69) is 53.6 Å². The Kier molecular flexibility index (Phi) is 7.17. The molecule has 2 bridgehead atoms. The average Bonchev–Trinajstić information content (AvgIpc) is 3.20. The van der Waals surface area contributed by atoms with Crippen LogP contribution < -0.4 is 4.74 Å². The Labute approximate surface area is 188 Å². The summed E-state index contributed by atoms with van der Waals surface area (Å²) in [7, 11) is 0. The summed E-state index contributed by atoms with van der Waals surface area (Å²) in [4.78, 5) is 14.8. The maximum atomic E-state index is 13.0. The first-order valence-corrected chi connectivity index (χ1v) is 11.1. The average molecular weight is 436 g/mol. The SMILES string of the molecule is CCc1ccc2c(c1)Cc1cccc(c1)CN(C(=O)Cc1nonc1C)CCOCCO2. The van der Waals surface area contributed by atoms with Crippen LogP contribution in [0.2, 0.25) is 0 Å². The number of hydrogen-bond acceptors (Lipinski definition) is 6. The van der Waals surface area contributed by atoms with E-state index in [1.54, 1.807) is 6.92 Å². The van der Waals surface area contributed by atoms with Gasteiger partial charge in [-0.25, -0.2) is 4.63 Å². The van der Waals surface area contributed by atoms with Crippen LogP contribution in [0, 0.1) is 6.92 Å². The first kappa shape index (κ1) is 22.0. The van der Waals surface area contributed by atoms with Gasteiger partial charge < -0.3 is 14.4 Å². The lowest BCUT2D eigenvalue weighted by Crippen LogP contribution is -2.35. The fourth-order valence-electron chi connectivity index (χ4n) is 3.85. The van der Waals surface area contributed by atoms with Gasteiger partial charge in [0.05, 0.1) is 19.6 Å². The quantitative estimate of drug-likeness (QED) is 0.627. The van der Waals surface area contributed by atoms with Gasteiger partial charge in [0.2, 0.25) is 5.91 Å². The van der Waals surface area contributed by atoms with Crippen LogP contribution in [0.5, 0.6) is 5.75 Å². The van der Waals surface area contributed by atoms with Crippen LogP contribution in [-0.4, -0.2) is 47.5 Å². The molecule has 0 saturated heterocycles. The third-order valence-corrected chi connectivity index (χ3v) is 5.70. The molecule has 7 heteroatoms. The molecule has 0 aliphatic carbocycles. The molecule has 0 radical (unpaired) electrons. The minimum absolute atomic E-state index is 0.0286. The highest BCUT2D eigenvalue weighted by Crippen LogP contribution is 2.25. The number of nitrogens with zero attached hydrogens (tertiary/aromatic N) is 3. The molecule has 1 amide bonds. The number of ether oxygens (including phenoxy) is 2. The number of fused-ring (bicyclic) bond motifs is 3. The monoisotopic (exact) mass is 435 g/mol. The number of rotatable bonds is 3. The van der Waals surface area contributed by atoms with Crippen molar-refractivity contribution in [2.24, 2.45) is 0 Å². The van der Waals surface area contributed by atoms with E-state index in [1.165, 1.54) is 16.7 Å². The summed E-state index contributed by atoms with van der Waals surface area (Å²) in [5.41, 5.74) is 5.94. The maximum absolute atomic E-state index is 13.0. The summed E-state index contributed by atoms with van der Waals surface area (Å²) in [6.07, 6.45) is 1.91. The lowest BCUT2D eigenvalue weighted by Gasteiger charge is -2.23. The Morgan fingerprint density at radius 3 is 2.75 bits per heavy atom. The molecule has 168 valence electrons. The van der Waals surface area contributed by atoms with Gasteiger partial charge in [0.15, 0.2) is 0 Å². The lowest BCUT2D eigenvalue weighted by atomic mass is 9.99. The zero-order valence-electron chi connectivity index (χ0n) is 18.7. The van der Waals surface area contributed by atoms with Crippen molar-refractivity contribution < 1.29 is 18.9 Å². The third kappa shape index (κ3) is 5.53. The maximum Gasteiger partial charge on any atom is 0.229 e. The molecule has 0 atom stereocenters. The van der Waals surface area contributed by atoms with Crippen molar-refractivity contribution in [3.8, 4) is 5.75 Å². The molecule has 0 unspecified atom stereocenters. The molecule has 4 rings (SSSR count). The highest BCUT2D eigenvalue weighted by molar-refractivity contribution is 5.78. The first-order valence-electron chi connectivity index (χ1n) is 11.1. The molecule has 0 N–H and O–H groups in total. The number of hydrogen-bond donors (Lipinski definition) is 0. The van der Waals surface area contributed by atoms with Crippen molar-refractivity contribution in [3.05, 3.63) is 76.1 Å². The van der Waals surface area contributed by atoms with Gasteiger partial charge in [-0.15, -0.1) is 0 Å². The molecule has 2 heterocycles. The highest BCUT2D eigenvalue weighted by Gasteiger charge is 2.19.